The van der Waals surface area contributed by atoms with E-state index in [1.807, 2.05) is 38.1 Å². The summed E-state index contributed by atoms with van der Waals surface area (Å²) in [5.41, 5.74) is 8.58. The van der Waals surface area contributed by atoms with Gasteiger partial charge in [-0.1, -0.05) is 25.4 Å². The molecule has 0 spiro atoms. The lowest BCUT2D eigenvalue weighted by molar-refractivity contribution is 0.206. The van der Waals surface area contributed by atoms with Gasteiger partial charge in [-0.15, -0.1) is 0 Å². The van der Waals surface area contributed by atoms with Gasteiger partial charge in [0.1, 0.15) is 6.61 Å². The molecule has 0 amide bonds. The molecule has 0 saturated heterocycles. The lowest BCUT2D eigenvalue weighted by Crippen LogP contribution is -2.43. The number of aromatic nitrogens is 2. The molecule has 2 aromatic rings. The van der Waals surface area contributed by atoms with E-state index in [-0.39, 0.29) is 0 Å². The first-order chi connectivity index (χ1) is 10.8. The molecule has 2 N–H and O–H groups in total. The minimum absolute atomic E-state index is 0.345. The van der Waals surface area contributed by atoms with Crippen molar-refractivity contribution in [1.82, 2.24) is 9.97 Å². The normalized spacial score (nSPS) is 13.9. The van der Waals surface area contributed by atoms with Crippen LogP contribution in [0.15, 0.2) is 30.5 Å². The second-order valence-electron chi connectivity index (χ2n) is 6.71. The van der Waals surface area contributed by atoms with Crippen LogP contribution in [0.25, 0.3) is 11.3 Å². The number of nitrogens with zero attached hydrogens (tertiary/aromatic N) is 2. The standard InChI is InChI=1S/C18H24ClN3O/c1-12(2)10-18(4,20)11-23-16-6-5-15(22-17(16)19)14-7-8-21-13(3)9-14/h5-9,12H,10-11,20H2,1-4H3/t18-/m0/s1. The Morgan fingerprint density at radius 2 is 2.04 bits per heavy atom. The van der Waals surface area contributed by atoms with Gasteiger partial charge in [-0.25, -0.2) is 4.98 Å². The van der Waals surface area contributed by atoms with Crippen molar-refractivity contribution < 1.29 is 4.74 Å². The Bertz CT molecular complexity index is 671. The Labute approximate surface area is 143 Å². The van der Waals surface area contributed by atoms with E-state index in [9.17, 15) is 0 Å². The summed E-state index contributed by atoms with van der Waals surface area (Å²) in [6.45, 7) is 8.62. The second kappa shape index (κ2) is 7.28. The van der Waals surface area contributed by atoms with Crippen molar-refractivity contribution in [3.05, 3.63) is 41.3 Å². The van der Waals surface area contributed by atoms with Crippen LogP contribution in [0.3, 0.4) is 0 Å². The predicted octanol–water partition coefficient (Wildman–Crippen LogP) is 4.25. The zero-order chi connectivity index (χ0) is 17.0. The van der Waals surface area contributed by atoms with E-state index in [1.165, 1.54) is 0 Å². The van der Waals surface area contributed by atoms with Crippen molar-refractivity contribution in [2.45, 2.75) is 39.7 Å². The summed E-state index contributed by atoms with van der Waals surface area (Å²) in [4.78, 5) is 8.60. The number of ether oxygens (including phenoxy) is 1. The molecule has 0 fully saturated rings. The molecular formula is C18H24ClN3O. The Hall–Kier alpha value is -1.65. The van der Waals surface area contributed by atoms with Gasteiger partial charge in [0, 0.05) is 23.0 Å². The van der Waals surface area contributed by atoms with E-state index in [4.69, 9.17) is 22.1 Å². The summed E-state index contributed by atoms with van der Waals surface area (Å²) in [7, 11) is 0. The Kier molecular flexibility index (Phi) is 5.60. The van der Waals surface area contributed by atoms with Gasteiger partial charge in [0.05, 0.1) is 5.69 Å². The Morgan fingerprint density at radius 1 is 1.30 bits per heavy atom. The van der Waals surface area contributed by atoms with Gasteiger partial charge in [-0.2, -0.15) is 0 Å². The molecule has 0 aliphatic heterocycles. The molecule has 0 aliphatic rings. The summed E-state index contributed by atoms with van der Waals surface area (Å²) in [6, 6.07) is 7.61. The molecule has 0 aliphatic carbocycles. The summed E-state index contributed by atoms with van der Waals surface area (Å²) in [5.74, 6) is 1.07. The van der Waals surface area contributed by atoms with E-state index < -0.39 is 5.54 Å². The van der Waals surface area contributed by atoms with Gasteiger partial charge in [0.25, 0.3) is 0 Å². The van der Waals surface area contributed by atoms with Crippen LogP contribution >= 0.6 is 11.6 Å². The smallest absolute Gasteiger partial charge is 0.171 e. The highest BCUT2D eigenvalue weighted by atomic mass is 35.5. The third-order valence-corrected chi connectivity index (χ3v) is 3.71. The molecule has 5 heteroatoms. The van der Waals surface area contributed by atoms with E-state index >= 15 is 0 Å². The van der Waals surface area contributed by atoms with Crippen molar-refractivity contribution in [3.63, 3.8) is 0 Å². The van der Waals surface area contributed by atoms with Gasteiger partial charge in [-0.05, 0) is 50.5 Å². The van der Waals surface area contributed by atoms with Gasteiger partial charge in [0.2, 0.25) is 0 Å². The highest BCUT2D eigenvalue weighted by Crippen LogP contribution is 2.28. The maximum Gasteiger partial charge on any atom is 0.171 e. The third-order valence-electron chi connectivity index (χ3n) is 3.44. The first-order valence-corrected chi connectivity index (χ1v) is 8.16. The highest BCUT2D eigenvalue weighted by molar-refractivity contribution is 6.30. The fourth-order valence-electron chi connectivity index (χ4n) is 2.63. The Morgan fingerprint density at radius 3 is 2.65 bits per heavy atom. The first-order valence-electron chi connectivity index (χ1n) is 7.78. The molecule has 0 bridgehead atoms. The van der Waals surface area contributed by atoms with Crippen molar-refractivity contribution >= 4 is 11.6 Å². The number of halogens is 1. The molecule has 0 aromatic carbocycles. The van der Waals surface area contributed by atoms with E-state index in [0.717, 1.165) is 23.4 Å². The maximum atomic E-state index is 6.26. The predicted molar refractivity (Wildman–Crippen MR) is 94.8 cm³/mol. The molecule has 0 radical (unpaired) electrons. The minimum Gasteiger partial charge on any atom is -0.488 e. The number of rotatable bonds is 6. The average molecular weight is 334 g/mol. The molecular weight excluding hydrogens is 310 g/mol. The molecule has 124 valence electrons. The van der Waals surface area contributed by atoms with E-state index in [0.29, 0.717) is 23.4 Å². The van der Waals surface area contributed by atoms with Crippen LogP contribution in [0.4, 0.5) is 0 Å². The van der Waals surface area contributed by atoms with Crippen LogP contribution in [-0.2, 0) is 0 Å². The van der Waals surface area contributed by atoms with E-state index in [2.05, 4.69) is 23.8 Å². The topological polar surface area (TPSA) is 61.0 Å². The molecule has 2 rings (SSSR count). The summed E-state index contributed by atoms with van der Waals surface area (Å²) in [6.07, 6.45) is 2.64. The number of hydrogen-bond acceptors (Lipinski definition) is 4. The SMILES string of the molecule is Cc1cc(-c2ccc(OC[C@@](C)(N)CC(C)C)c(Cl)n2)ccn1. The van der Waals surface area contributed by atoms with Crippen LogP contribution < -0.4 is 10.5 Å². The van der Waals surface area contributed by atoms with Crippen LogP contribution in [-0.4, -0.2) is 22.1 Å². The van der Waals surface area contributed by atoms with Crippen molar-refractivity contribution in [1.29, 1.82) is 0 Å². The fraction of sp³-hybridized carbons (Fsp3) is 0.444. The van der Waals surface area contributed by atoms with Crippen LogP contribution in [0.2, 0.25) is 5.15 Å². The largest absolute Gasteiger partial charge is 0.488 e. The van der Waals surface area contributed by atoms with Gasteiger partial charge >= 0.3 is 0 Å². The molecule has 23 heavy (non-hydrogen) atoms. The summed E-state index contributed by atoms with van der Waals surface area (Å²) < 4.78 is 5.79. The maximum absolute atomic E-state index is 6.26. The Balaban J connectivity index is 2.11. The van der Waals surface area contributed by atoms with Crippen LogP contribution in [0, 0.1) is 12.8 Å². The lowest BCUT2D eigenvalue weighted by Gasteiger charge is -2.26. The number of hydrogen-bond donors (Lipinski definition) is 1. The van der Waals surface area contributed by atoms with Crippen LogP contribution in [0.5, 0.6) is 5.75 Å². The molecule has 0 unspecified atom stereocenters. The quantitative estimate of drug-likeness (QED) is 0.803. The number of pyridine rings is 2. The van der Waals surface area contributed by atoms with Crippen LogP contribution in [0.1, 0.15) is 32.9 Å². The monoisotopic (exact) mass is 333 g/mol. The minimum atomic E-state index is -0.390. The number of aryl methyl sites for hydroxylation is 1. The molecule has 2 heterocycles. The van der Waals surface area contributed by atoms with E-state index in [1.54, 1.807) is 6.20 Å². The van der Waals surface area contributed by atoms with Crippen molar-refractivity contribution in [2.75, 3.05) is 6.61 Å². The zero-order valence-corrected chi connectivity index (χ0v) is 14.9. The fourth-order valence-corrected chi connectivity index (χ4v) is 2.84. The van der Waals surface area contributed by atoms with Gasteiger partial charge in [0.15, 0.2) is 10.9 Å². The molecule has 1 atom stereocenters. The number of nitrogens with two attached hydrogens (primary N) is 1. The van der Waals surface area contributed by atoms with Gasteiger partial charge in [-0.3, -0.25) is 4.98 Å². The molecule has 4 nitrogen and oxygen atoms in total. The van der Waals surface area contributed by atoms with Crippen molar-refractivity contribution in [3.8, 4) is 17.0 Å². The second-order valence-corrected chi connectivity index (χ2v) is 7.07. The lowest BCUT2D eigenvalue weighted by atomic mass is 9.93. The third kappa shape index (κ3) is 5.19. The summed E-state index contributed by atoms with van der Waals surface area (Å²) in [5, 5.41) is 0.345. The van der Waals surface area contributed by atoms with Gasteiger partial charge < -0.3 is 10.5 Å². The first kappa shape index (κ1) is 17.7. The highest BCUT2D eigenvalue weighted by Gasteiger charge is 2.21. The summed E-state index contributed by atoms with van der Waals surface area (Å²) >= 11 is 6.26. The average Bonchev–Trinajstić information content (AvgIpc) is 2.44. The zero-order valence-electron chi connectivity index (χ0n) is 14.1. The molecule has 2 aromatic heterocycles. The molecule has 0 saturated carbocycles. The van der Waals surface area contributed by atoms with Crippen molar-refractivity contribution in [2.24, 2.45) is 11.7 Å².